The van der Waals surface area contributed by atoms with E-state index in [-0.39, 0.29) is 69.2 Å². The first-order chi connectivity index (χ1) is 16.7. The molecule has 0 spiro atoms. The third-order valence-corrected chi connectivity index (χ3v) is 5.65. The number of aromatic hydroxyl groups is 3. The van der Waals surface area contributed by atoms with Gasteiger partial charge in [0.1, 0.15) is 41.3 Å². The van der Waals surface area contributed by atoms with Crippen LogP contribution < -0.4 is 26.6 Å². The zero-order chi connectivity index (χ0) is 25.4. The van der Waals surface area contributed by atoms with Crippen LogP contribution in [-0.4, -0.2) is 87.3 Å². The van der Waals surface area contributed by atoms with Gasteiger partial charge in [-0.3, -0.25) is 0 Å². The van der Waals surface area contributed by atoms with E-state index in [2.05, 4.69) is 0 Å². The second-order valence-electron chi connectivity index (χ2n) is 7.86. The van der Waals surface area contributed by atoms with Gasteiger partial charge in [-0.05, 0) is 0 Å². The Kier molecular flexibility index (Phi) is 8.19. The number of hydrogen-bond donors (Lipinski definition) is 7. The summed E-state index contributed by atoms with van der Waals surface area (Å²) in [5.74, 6) is -0.928. The second kappa shape index (κ2) is 10.8. The first kappa shape index (κ1) is 27.3. The van der Waals surface area contributed by atoms with Crippen molar-refractivity contribution in [1.82, 2.24) is 0 Å². The molecule has 0 aliphatic carbocycles. The molecule has 1 aliphatic rings. The molecule has 5 atom stereocenters. The van der Waals surface area contributed by atoms with Crippen molar-refractivity contribution < 1.29 is 71.5 Å². The average molecular weight is 529 g/mol. The Morgan fingerprint density at radius 1 is 0.861 bits per heavy atom. The Labute approximate surface area is 210 Å². The molecule has 196 valence electrons. The first-order valence-corrected chi connectivity index (χ1v) is 10.4. The van der Waals surface area contributed by atoms with Crippen LogP contribution in [0.4, 0.5) is 0 Å². The Morgan fingerprint density at radius 2 is 1.50 bits per heavy atom. The van der Waals surface area contributed by atoms with E-state index in [9.17, 15) is 35.7 Å². The Bertz CT molecular complexity index is 1210. The summed E-state index contributed by atoms with van der Waals surface area (Å²) in [5, 5.41) is 70.7. The number of aliphatic hydroxyl groups excluding tert-OH is 4. The third-order valence-electron chi connectivity index (χ3n) is 5.65. The predicted molar refractivity (Wildman–Crippen MR) is 119 cm³/mol. The summed E-state index contributed by atoms with van der Waals surface area (Å²) in [6.45, 7) is -0.661. The molecular weight excluding hydrogens is 504 g/mol. The highest BCUT2D eigenvalue weighted by Gasteiger charge is 2.45. The SMILES string of the molecule is COc1cc(-c2[o+]c3cc(O)cc(O)c3cc2O[C@@H]2O[C@H](CO)[C@@H](O)[C@H](O)[C@H]2O)cc(OC)c1O.[Cl-]. The van der Waals surface area contributed by atoms with Gasteiger partial charge in [0.05, 0.1) is 32.5 Å². The lowest BCUT2D eigenvalue weighted by Crippen LogP contribution is -3.00. The molecule has 7 N–H and O–H groups in total. The van der Waals surface area contributed by atoms with E-state index >= 15 is 0 Å². The van der Waals surface area contributed by atoms with Crippen LogP contribution in [0.25, 0.3) is 22.3 Å². The van der Waals surface area contributed by atoms with Crippen LogP contribution in [0.3, 0.4) is 0 Å². The van der Waals surface area contributed by atoms with Crippen LogP contribution in [0.5, 0.6) is 34.5 Å². The van der Waals surface area contributed by atoms with E-state index in [0.29, 0.717) is 0 Å². The standard InChI is InChI=1S/C23H24O12.ClH/c1-31-14-3-9(4-15(32-2)18(14)27)22-16(7-11-12(26)5-10(25)6-13(11)33-22)34-23-21(30)20(29)19(28)17(8-24)35-23;/h3-7,17,19-21,23-24,28-30H,8H2,1-2H3,(H2-,25,26,27);1H/t17-,19-,20+,21-,23-;/m1./s1. The summed E-state index contributed by atoms with van der Waals surface area (Å²) < 4.78 is 27.5. The fourth-order valence-electron chi connectivity index (χ4n) is 3.79. The van der Waals surface area contributed by atoms with Crippen LogP contribution >= 0.6 is 0 Å². The van der Waals surface area contributed by atoms with Gasteiger partial charge in [-0.25, -0.2) is 4.42 Å². The van der Waals surface area contributed by atoms with Crippen molar-refractivity contribution in [2.45, 2.75) is 30.7 Å². The number of rotatable bonds is 6. The summed E-state index contributed by atoms with van der Waals surface area (Å²) in [4.78, 5) is 0. The number of aliphatic hydroxyl groups is 4. The highest BCUT2D eigenvalue weighted by molar-refractivity contribution is 5.88. The topological polar surface area (TPSA) is 190 Å². The number of benzene rings is 2. The van der Waals surface area contributed by atoms with Crippen molar-refractivity contribution in [3.8, 4) is 45.8 Å². The Balaban J connectivity index is 0.00000361. The van der Waals surface area contributed by atoms with Crippen molar-refractivity contribution in [2.24, 2.45) is 0 Å². The van der Waals surface area contributed by atoms with E-state index in [1.807, 2.05) is 0 Å². The monoisotopic (exact) mass is 528 g/mol. The molecule has 2 aromatic carbocycles. The van der Waals surface area contributed by atoms with Gasteiger partial charge in [-0.15, -0.1) is 0 Å². The number of fused-ring (bicyclic) bond motifs is 1. The number of halogens is 1. The number of methoxy groups -OCH3 is 2. The van der Waals surface area contributed by atoms with Crippen LogP contribution in [0.15, 0.2) is 34.7 Å². The minimum atomic E-state index is -1.71. The van der Waals surface area contributed by atoms with Gasteiger partial charge in [0, 0.05) is 24.3 Å². The van der Waals surface area contributed by atoms with Crippen LogP contribution in [0.1, 0.15) is 0 Å². The fourth-order valence-corrected chi connectivity index (χ4v) is 3.79. The number of ether oxygens (including phenoxy) is 4. The van der Waals surface area contributed by atoms with Gasteiger partial charge in [0.15, 0.2) is 11.5 Å². The highest BCUT2D eigenvalue weighted by Crippen LogP contribution is 2.45. The largest absolute Gasteiger partial charge is 1.00 e. The van der Waals surface area contributed by atoms with Gasteiger partial charge in [-0.2, -0.15) is 0 Å². The van der Waals surface area contributed by atoms with Crippen molar-refractivity contribution in [3.05, 3.63) is 30.3 Å². The quantitative estimate of drug-likeness (QED) is 0.170. The maximum absolute atomic E-state index is 10.4. The minimum Gasteiger partial charge on any atom is -1.00 e. The lowest BCUT2D eigenvalue weighted by atomic mass is 9.99. The molecule has 1 saturated heterocycles. The molecule has 0 saturated carbocycles. The molecule has 1 aromatic heterocycles. The summed E-state index contributed by atoms with van der Waals surface area (Å²) in [6, 6.07) is 6.50. The van der Waals surface area contributed by atoms with Crippen molar-refractivity contribution in [3.63, 3.8) is 0 Å². The van der Waals surface area contributed by atoms with Crippen molar-refractivity contribution in [2.75, 3.05) is 20.8 Å². The third kappa shape index (κ3) is 4.87. The fraction of sp³-hybridized carbons (Fsp3) is 0.348. The second-order valence-corrected chi connectivity index (χ2v) is 7.86. The number of phenolic OH excluding ortho intramolecular Hbond substituents is 3. The molecule has 0 bridgehead atoms. The van der Waals surface area contributed by atoms with Crippen molar-refractivity contribution in [1.29, 1.82) is 0 Å². The normalized spacial score (nSPS) is 23.7. The molecule has 2 heterocycles. The average Bonchev–Trinajstić information content (AvgIpc) is 2.84. The summed E-state index contributed by atoms with van der Waals surface area (Å²) >= 11 is 0. The maximum atomic E-state index is 10.4. The van der Waals surface area contributed by atoms with Crippen LogP contribution in [0.2, 0.25) is 0 Å². The van der Waals surface area contributed by atoms with Crippen LogP contribution in [0, 0.1) is 0 Å². The van der Waals surface area contributed by atoms with E-state index in [4.69, 9.17) is 23.4 Å². The molecule has 12 nitrogen and oxygen atoms in total. The number of phenols is 3. The van der Waals surface area contributed by atoms with Gasteiger partial charge in [0.25, 0.3) is 0 Å². The molecule has 0 amide bonds. The Morgan fingerprint density at radius 3 is 2.08 bits per heavy atom. The van der Waals surface area contributed by atoms with E-state index in [1.54, 1.807) is 0 Å². The van der Waals surface area contributed by atoms with Crippen LogP contribution in [-0.2, 0) is 4.74 Å². The molecule has 1 aliphatic heterocycles. The summed E-state index contributed by atoms with van der Waals surface area (Å²) in [5.41, 5.74) is 0.325. The Hall–Kier alpha value is -3.26. The van der Waals surface area contributed by atoms with E-state index < -0.39 is 37.3 Å². The first-order valence-electron chi connectivity index (χ1n) is 10.4. The van der Waals surface area contributed by atoms with Gasteiger partial charge in [0.2, 0.25) is 17.8 Å². The molecule has 0 radical (unpaired) electrons. The molecule has 36 heavy (non-hydrogen) atoms. The van der Waals surface area contributed by atoms with Gasteiger partial charge < -0.3 is 67.1 Å². The lowest BCUT2D eigenvalue weighted by molar-refractivity contribution is -0.277. The molecule has 4 rings (SSSR count). The lowest BCUT2D eigenvalue weighted by Gasteiger charge is -2.39. The van der Waals surface area contributed by atoms with Gasteiger partial charge in [-0.1, -0.05) is 0 Å². The summed E-state index contributed by atoms with van der Waals surface area (Å²) in [7, 11) is 2.66. The van der Waals surface area contributed by atoms with E-state index in [0.717, 1.165) is 6.07 Å². The molecule has 13 heteroatoms. The van der Waals surface area contributed by atoms with Crippen molar-refractivity contribution >= 4 is 11.0 Å². The maximum Gasteiger partial charge on any atom is 0.402 e. The highest BCUT2D eigenvalue weighted by atomic mass is 35.5. The zero-order valence-corrected chi connectivity index (χ0v) is 19.8. The minimum absolute atomic E-state index is 0. The zero-order valence-electron chi connectivity index (χ0n) is 19.0. The smallest absolute Gasteiger partial charge is 0.402 e. The van der Waals surface area contributed by atoms with Gasteiger partial charge >= 0.3 is 11.3 Å². The molecule has 1 fully saturated rings. The number of hydrogen-bond acceptors (Lipinski definition) is 11. The molecule has 3 aromatic rings. The van der Waals surface area contributed by atoms with E-state index in [1.165, 1.54) is 38.5 Å². The molecular formula is C23H25ClO12. The predicted octanol–water partition coefficient (Wildman–Crippen LogP) is -2.30. The summed E-state index contributed by atoms with van der Waals surface area (Å²) in [6.07, 6.45) is -7.77. The molecule has 0 unspecified atom stereocenters.